The molecule has 1 heterocycles. The molecule has 8 heavy (non-hydrogen) atoms. The molecule has 43 valence electrons. The van der Waals surface area contributed by atoms with E-state index in [0.29, 0.717) is 0 Å². The summed E-state index contributed by atoms with van der Waals surface area (Å²) >= 11 is 0. The molecule has 3 nitrogen and oxygen atoms in total. The maximum absolute atomic E-state index is 8.61. The van der Waals surface area contributed by atoms with Gasteiger partial charge in [0.05, 0.1) is 6.26 Å². The van der Waals surface area contributed by atoms with Gasteiger partial charge in [0.1, 0.15) is 0 Å². The Morgan fingerprint density at radius 1 is 1.25 bits per heavy atom. The van der Waals surface area contributed by atoms with Crippen molar-refractivity contribution in [1.82, 2.24) is 0 Å². The number of hydrogen-bond donors (Lipinski definition) is 2. The Morgan fingerprint density at radius 2 is 2.00 bits per heavy atom. The van der Waals surface area contributed by atoms with Gasteiger partial charge in [0, 0.05) is 6.08 Å². The molecule has 0 bridgehead atoms. The third kappa shape index (κ3) is 0.753. The molecule has 0 saturated carbocycles. The van der Waals surface area contributed by atoms with Crippen molar-refractivity contribution < 1.29 is 14.9 Å². The van der Waals surface area contributed by atoms with Gasteiger partial charge in [-0.15, -0.1) is 0 Å². The maximum atomic E-state index is 8.61. The molecule has 0 spiro atoms. The van der Waals surface area contributed by atoms with Crippen molar-refractivity contribution in [3.8, 4) is 0 Å². The fourth-order valence-electron chi connectivity index (χ4n) is 0.353. The lowest BCUT2D eigenvalue weighted by atomic mass is 10.4. The fraction of sp³-hybridized carbons (Fsp3) is 0. The summed E-state index contributed by atoms with van der Waals surface area (Å²) in [6.07, 6.45) is 2.53. The second kappa shape index (κ2) is 1.78. The van der Waals surface area contributed by atoms with E-state index < -0.39 is 0 Å². The third-order valence-corrected chi connectivity index (χ3v) is 0.747. The molecular weight excluding hydrogens is 108 g/mol. The van der Waals surface area contributed by atoms with Gasteiger partial charge in [-0.2, -0.15) is 0 Å². The lowest BCUT2D eigenvalue weighted by Crippen LogP contribution is -1.94. The van der Waals surface area contributed by atoms with E-state index >= 15 is 0 Å². The van der Waals surface area contributed by atoms with E-state index in [9.17, 15) is 0 Å². The van der Waals surface area contributed by atoms with Gasteiger partial charge in [0.15, 0.2) is 11.5 Å². The van der Waals surface area contributed by atoms with Crippen molar-refractivity contribution in [2.24, 2.45) is 0 Å². The predicted octanol–water partition coefficient (Wildman–Crippen LogP) is 1.02. The molecule has 0 aliphatic carbocycles. The van der Waals surface area contributed by atoms with Crippen LogP contribution < -0.4 is 0 Å². The van der Waals surface area contributed by atoms with Crippen molar-refractivity contribution in [1.29, 1.82) is 0 Å². The molecule has 1 aliphatic heterocycles. The van der Waals surface area contributed by atoms with Crippen LogP contribution >= 0.6 is 0 Å². The summed E-state index contributed by atoms with van der Waals surface area (Å²) in [5.41, 5.74) is 0. The Bertz CT molecular complexity index is 146. The minimum absolute atomic E-state index is 0.170. The average molecular weight is 113 g/mol. The normalized spacial score (nSPS) is 18.5. The number of ether oxygens (including phenoxy) is 1. The molecule has 1 rings (SSSR count). The van der Waals surface area contributed by atoms with Crippen LogP contribution in [0.3, 0.4) is 0 Å². The zero-order valence-corrected chi connectivity index (χ0v) is 4.03. The molecule has 0 aromatic rings. The molecule has 0 amide bonds. The molecule has 0 unspecified atom stereocenters. The Morgan fingerprint density at radius 3 is 2.38 bits per heavy atom. The SMILES string of the molecule is OC1=C(O)C=CO[CH]1. The number of aliphatic hydroxyl groups excluding tert-OH is 2. The lowest BCUT2D eigenvalue weighted by Gasteiger charge is -2.04. The highest BCUT2D eigenvalue weighted by atomic mass is 16.5. The van der Waals surface area contributed by atoms with Crippen LogP contribution in [0.2, 0.25) is 0 Å². The topological polar surface area (TPSA) is 49.7 Å². The quantitative estimate of drug-likeness (QED) is 0.493. The minimum Gasteiger partial charge on any atom is -0.505 e. The van der Waals surface area contributed by atoms with Crippen molar-refractivity contribution in [2.75, 3.05) is 0 Å². The van der Waals surface area contributed by atoms with E-state index in [0.717, 1.165) is 6.61 Å². The fourth-order valence-corrected chi connectivity index (χ4v) is 0.353. The number of rotatable bonds is 0. The summed E-state index contributed by atoms with van der Waals surface area (Å²) in [7, 11) is 0. The van der Waals surface area contributed by atoms with Gasteiger partial charge in [-0.05, 0) is 0 Å². The largest absolute Gasteiger partial charge is 0.505 e. The van der Waals surface area contributed by atoms with E-state index in [1.54, 1.807) is 0 Å². The minimum atomic E-state index is -0.243. The van der Waals surface area contributed by atoms with Crippen LogP contribution in [0.25, 0.3) is 0 Å². The average Bonchev–Trinajstić information content (AvgIpc) is 1.77. The highest BCUT2D eigenvalue weighted by molar-refractivity contribution is 5.19. The van der Waals surface area contributed by atoms with Crippen LogP contribution in [0.4, 0.5) is 0 Å². The second-order valence-corrected chi connectivity index (χ2v) is 1.33. The Hall–Kier alpha value is -1.12. The van der Waals surface area contributed by atoms with Crippen LogP contribution in [0.5, 0.6) is 0 Å². The van der Waals surface area contributed by atoms with E-state index in [1.165, 1.54) is 12.3 Å². The van der Waals surface area contributed by atoms with E-state index in [4.69, 9.17) is 10.2 Å². The van der Waals surface area contributed by atoms with Gasteiger partial charge in [-0.1, -0.05) is 0 Å². The standard InChI is InChI=1S/C5H5O3/c6-4-1-2-8-3-5(4)7/h1-3,6-7H. The highest BCUT2D eigenvalue weighted by Gasteiger charge is 2.04. The van der Waals surface area contributed by atoms with Gasteiger partial charge >= 0.3 is 0 Å². The van der Waals surface area contributed by atoms with Gasteiger partial charge < -0.3 is 14.9 Å². The molecule has 0 aromatic heterocycles. The Balaban J connectivity index is 2.76. The van der Waals surface area contributed by atoms with Crippen LogP contribution in [0.1, 0.15) is 0 Å². The van der Waals surface area contributed by atoms with Crippen LogP contribution in [0, 0.1) is 6.61 Å². The lowest BCUT2D eigenvalue weighted by molar-refractivity contribution is 0.248. The van der Waals surface area contributed by atoms with Crippen molar-refractivity contribution in [3.05, 3.63) is 30.5 Å². The predicted molar refractivity (Wildman–Crippen MR) is 26.8 cm³/mol. The maximum Gasteiger partial charge on any atom is 0.202 e. The Kier molecular flexibility index (Phi) is 1.12. The highest BCUT2D eigenvalue weighted by Crippen LogP contribution is 2.09. The molecule has 1 aliphatic rings. The summed E-state index contributed by atoms with van der Waals surface area (Å²) in [6, 6.07) is 0. The van der Waals surface area contributed by atoms with E-state index in [1.807, 2.05) is 0 Å². The first-order chi connectivity index (χ1) is 3.80. The van der Waals surface area contributed by atoms with E-state index in [-0.39, 0.29) is 11.5 Å². The molecule has 1 radical (unpaired) electrons. The van der Waals surface area contributed by atoms with Crippen molar-refractivity contribution in [2.45, 2.75) is 0 Å². The molecule has 0 fully saturated rings. The monoisotopic (exact) mass is 113 g/mol. The van der Waals surface area contributed by atoms with Gasteiger partial charge in [-0.25, -0.2) is 0 Å². The second-order valence-electron chi connectivity index (χ2n) is 1.33. The van der Waals surface area contributed by atoms with Crippen molar-refractivity contribution >= 4 is 0 Å². The number of aliphatic hydroxyl groups is 2. The summed E-state index contributed by atoms with van der Waals surface area (Å²) < 4.78 is 4.48. The van der Waals surface area contributed by atoms with Crippen LogP contribution in [-0.4, -0.2) is 10.2 Å². The molecular formula is C5H5O3. The first-order valence-corrected chi connectivity index (χ1v) is 2.08. The van der Waals surface area contributed by atoms with Crippen molar-refractivity contribution in [3.63, 3.8) is 0 Å². The smallest absolute Gasteiger partial charge is 0.202 e. The number of allylic oxidation sites excluding steroid dienone is 1. The zero-order valence-electron chi connectivity index (χ0n) is 4.03. The summed E-state index contributed by atoms with van der Waals surface area (Å²) in [5.74, 6) is -0.413. The molecule has 0 saturated heterocycles. The molecule has 0 atom stereocenters. The zero-order chi connectivity index (χ0) is 5.98. The summed E-state index contributed by atoms with van der Waals surface area (Å²) in [6.45, 7) is 1.05. The number of hydrogen-bond acceptors (Lipinski definition) is 3. The van der Waals surface area contributed by atoms with Crippen LogP contribution in [-0.2, 0) is 4.74 Å². The first-order valence-electron chi connectivity index (χ1n) is 2.08. The first kappa shape index (κ1) is 5.03. The summed E-state index contributed by atoms with van der Waals surface area (Å²) in [5, 5.41) is 17.2. The van der Waals surface area contributed by atoms with Gasteiger partial charge in [-0.3, -0.25) is 0 Å². The van der Waals surface area contributed by atoms with Gasteiger partial charge in [0.2, 0.25) is 6.61 Å². The molecule has 0 aromatic carbocycles. The third-order valence-electron chi connectivity index (χ3n) is 0.747. The molecule has 2 N–H and O–H groups in total. The summed E-state index contributed by atoms with van der Waals surface area (Å²) in [4.78, 5) is 0. The van der Waals surface area contributed by atoms with Crippen LogP contribution in [0.15, 0.2) is 23.9 Å². The Labute approximate surface area is 46.5 Å². The van der Waals surface area contributed by atoms with Gasteiger partial charge in [0.25, 0.3) is 0 Å². The molecule has 3 heteroatoms. The van der Waals surface area contributed by atoms with E-state index in [2.05, 4.69) is 4.74 Å².